The number of carbonyl (C=O) groups is 2. The van der Waals surface area contributed by atoms with Gasteiger partial charge in [-0.15, -0.1) is 0 Å². The molecule has 0 radical (unpaired) electrons. The summed E-state index contributed by atoms with van der Waals surface area (Å²) in [5, 5.41) is 3.45. The van der Waals surface area contributed by atoms with Crippen LogP contribution < -0.4 is 10.1 Å². The lowest BCUT2D eigenvalue weighted by Crippen LogP contribution is -2.51. The van der Waals surface area contributed by atoms with Gasteiger partial charge >= 0.3 is 0 Å². The van der Waals surface area contributed by atoms with Gasteiger partial charge < -0.3 is 15.0 Å². The fourth-order valence-electron chi connectivity index (χ4n) is 3.52. The lowest BCUT2D eigenvalue weighted by molar-refractivity contribution is -0.142. The number of amides is 2. The number of carbonyl (C=O) groups excluding carboxylic acids is 2. The van der Waals surface area contributed by atoms with E-state index in [2.05, 4.69) is 21.2 Å². The first-order chi connectivity index (χ1) is 16.9. The average molecular weight is 562 g/mol. The van der Waals surface area contributed by atoms with E-state index in [4.69, 9.17) is 16.3 Å². The molecule has 0 bridgehead atoms. The topological polar surface area (TPSA) is 58.6 Å². The van der Waals surface area contributed by atoms with E-state index in [0.29, 0.717) is 33.8 Å². The summed E-state index contributed by atoms with van der Waals surface area (Å²) >= 11 is 9.38. The zero-order valence-corrected chi connectivity index (χ0v) is 21.7. The Labute approximate surface area is 218 Å². The second-order valence-electron chi connectivity index (χ2n) is 8.01. The Kier molecular flexibility index (Phi) is 10.1. The standard InChI is InChI=1S/C27H27BrClFN2O3/c1-2-14-31-27(34)24(15-19-6-4-3-5-7-19)32(17-20-8-11-22(30)12-9-20)26(33)18-35-25-13-10-21(29)16-23(25)28/h3-13,16,24H,2,14-15,17-18H2,1H3,(H,31,34)/t24-/m0/s1. The van der Waals surface area contributed by atoms with Crippen molar-refractivity contribution >= 4 is 39.3 Å². The van der Waals surface area contributed by atoms with Crippen molar-refractivity contribution < 1.29 is 18.7 Å². The number of benzene rings is 3. The first kappa shape index (κ1) is 26.7. The van der Waals surface area contributed by atoms with Crippen molar-refractivity contribution in [2.24, 2.45) is 0 Å². The van der Waals surface area contributed by atoms with Gasteiger partial charge in [0, 0.05) is 24.5 Å². The summed E-state index contributed by atoms with van der Waals surface area (Å²) in [6.07, 6.45) is 1.09. The molecule has 1 N–H and O–H groups in total. The van der Waals surface area contributed by atoms with Crippen LogP contribution in [0.15, 0.2) is 77.3 Å². The van der Waals surface area contributed by atoms with E-state index in [0.717, 1.165) is 12.0 Å². The summed E-state index contributed by atoms with van der Waals surface area (Å²) < 4.78 is 19.9. The molecule has 1 atom stereocenters. The quantitative estimate of drug-likeness (QED) is 0.323. The minimum Gasteiger partial charge on any atom is -0.483 e. The number of ether oxygens (including phenoxy) is 1. The molecule has 0 aliphatic carbocycles. The highest BCUT2D eigenvalue weighted by Gasteiger charge is 2.30. The number of rotatable bonds is 11. The minimum atomic E-state index is -0.779. The van der Waals surface area contributed by atoms with Crippen LogP contribution in [0.5, 0.6) is 5.75 Å². The Morgan fingerprint density at radius 3 is 2.43 bits per heavy atom. The van der Waals surface area contributed by atoms with Crippen LogP contribution in [0.2, 0.25) is 5.02 Å². The highest BCUT2D eigenvalue weighted by Crippen LogP contribution is 2.28. The molecule has 0 unspecified atom stereocenters. The molecule has 0 spiro atoms. The molecule has 0 aliphatic heterocycles. The third kappa shape index (κ3) is 8.08. The van der Waals surface area contributed by atoms with Gasteiger partial charge in [0.05, 0.1) is 4.47 Å². The highest BCUT2D eigenvalue weighted by atomic mass is 79.9. The Hall–Kier alpha value is -2.90. The highest BCUT2D eigenvalue weighted by molar-refractivity contribution is 9.10. The molecule has 35 heavy (non-hydrogen) atoms. The molecule has 0 saturated carbocycles. The zero-order chi connectivity index (χ0) is 25.2. The van der Waals surface area contributed by atoms with Crippen molar-refractivity contribution in [3.05, 3.63) is 99.2 Å². The fourth-order valence-corrected chi connectivity index (χ4v) is 4.32. The summed E-state index contributed by atoms with van der Waals surface area (Å²) in [6, 6.07) is 19.6. The van der Waals surface area contributed by atoms with Crippen LogP contribution in [0, 0.1) is 5.82 Å². The molecule has 0 aliphatic rings. The lowest BCUT2D eigenvalue weighted by atomic mass is 10.0. The number of nitrogens with zero attached hydrogens (tertiary/aromatic N) is 1. The SMILES string of the molecule is CCCNC(=O)[C@H](Cc1ccccc1)N(Cc1ccc(F)cc1)C(=O)COc1ccc(Cl)cc1Br. The molecule has 8 heteroatoms. The van der Waals surface area contributed by atoms with Crippen LogP contribution in [0.3, 0.4) is 0 Å². The van der Waals surface area contributed by atoms with Gasteiger partial charge in [-0.25, -0.2) is 4.39 Å². The number of nitrogens with one attached hydrogen (secondary N) is 1. The molecular weight excluding hydrogens is 535 g/mol. The zero-order valence-electron chi connectivity index (χ0n) is 19.3. The Morgan fingerprint density at radius 1 is 1.06 bits per heavy atom. The molecule has 3 rings (SSSR count). The Balaban J connectivity index is 1.89. The molecule has 2 amide bonds. The third-order valence-electron chi connectivity index (χ3n) is 5.33. The second-order valence-corrected chi connectivity index (χ2v) is 9.30. The van der Waals surface area contributed by atoms with Crippen LogP contribution in [0.4, 0.5) is 4.39 Å². The average Bonchev–Trinajstić information content (AvgIpc) is 2.85. The fraction of sp³-hybridized carbons (Fsp3) is 0.259. The van der Waals surface area contributed by atoms with Crippen molar-refractivity contribution in [1.29, 1.82) is 0 Å². The molecule has 0 heterocycles. The maximum atomic E-state index is 13.5. The van der Waals surface area contributed by atoms with Gasteiger partial charge in [-0.3, -0.25) is 9.59 Å². The third-order valence-corrected chi connectivity index (χ3v) is 6.19. The van der Waals surface area contributed by atoms with E-state index in [1.807, 2.05) is 37.3 Å². The predicted octanol–water partition coefficient (Wildman–Crippen LogP) is 5.79. The molecule has 184 valence electrons. The summed E-state index contributed by atoms with van der Waals surface area (Å²) in [5.41, 5.74) is 1.62. The molecule has 0 fully saturated rings. The second kappa shape index (κ2) is 13.3. The van der Waals surface area contributed by atoms with Gasteiger partial charge in [-0.05, 0) is 63.8 Å². The number of hydrogen-bond acceptors (Lipinski definition) is 3. The predicted molar refractivity (Wildman–Crippen MR) is 139 cm³/mol. The van der Waals surface area contributed by atoms with Gasteiger partial charge in [0.2, 0.25) is 5.91 Å². The van der Waals surface area contributed by atoms with Gasteiger partial charge in [0.15, 0.2) is 6.61 Å². The van der Waals surface area contributed by atoms with Gasteiger partial charge in [0.25, 0.3) is 5.91 Å². The Morgan fingerprint density at radius 2 is 1.77 bits per heavy atom. The molecule has 0 aromatic heterocycles. The largest absolute Gasteiger partial charge is 0.483 e. The molecule has 5 nitrogen and oxygen atoms in total. The van der Waals surface area contributed by atoms with E-state index in [1.54, 1.807) is 30.3 Å². The first-order valence-electron chi connectivity index (χ1n) is 11.3. The van der Waals surface area contributed by atoms with E-state index < -0.39 is 6.04 Å². The minimum absolute atomic E-state index is 0.126. The molecule has 3 aromatic rings. The molecule has 0 saturated heterocycles. The van der Waals surface area contributed by atoms with E-state index >= 15 is 0 Å². The van der Waals surface area contributed by atoms with Crippen molar-refractivity contribution in [1.82, 2.24) is 10.2 Å². The van der Waals surface area contributed by atoms with Crippen molar-refractivity contribution in [2.75, 3.05) is 13.2 Å². The van der Waals surface area contributed by atoms with Crippen LogP contribution in [0.1, 0.15) is 24.5 Å². The van der Waals surface area contributed by atoms with Crippen LogP contribution in [0.25, 0.3) is 0 Å². The van der Waals surface area contributed by atoms with Crippen LogP contribution in [-0.2, 0) is 22.6 Å². The lowest BCUT2D eigenvalue weighted by Gasteiger charge is -2.31. The summed E-state index contributed by atoms with van der Waals surface area (Å²) in [5.74, 6) is -0.536. The van der Waals surface area contributed by atoms with Crippen molar-refractivity contribution in [3.63, 3.8) is 0 Å². The smallest absolute Gasteiger partial charge is 0.261 e. The van der Waals surface area contributed by atoms with E-state index in [1.165, 1.54) is 17.0 Å². The van der Waals surface area contributed by atoms with Crippen molar-refractivity contribution in [2.45, 2.75) is 32.4 Å². The van der Waals surface area contributed by atoms with Gasteiger partial charge in [-0.2, -0.15) is 0 Å². The maximum absolute atomic E-state index is 13.5. The molecule has 3 aromatic carbocycles. The van der Waals surface area contributed by atoms with E-state index in [9.17, 15) is 14.0 Å². The Bertz CT molecular complexity index is 1130. The first-order valence-corrected chi connectivity index (χ1v) is 12.5. The maximum Gasteiger partial charge on any atom is 0.261 e. The monoisotopic (exact) mass is 560 g/mol. The van der Waals surface area contributed by atoms with Gasteiger partial charge in [0.1, 0.15) is 17.6 Å². The summed E-state index contributed by atoms with van der Waals surface area (Å²) in [7, 11) is 0. The number of hydrogen-bond donors (Lipinski definition) is 1. The molecular formula is C27H27BrClFN2O3. The van der Waals surface area contributed by atoms with Crippen molar-refractivity contribution in [3.8, 4) is 5.75 Å². The normalized spacial score (nSPS) is 11.5. The summed E-state index contributed by atoms with van der Waals surface area (Å²) in [4.78, 5) is 28.2. The number of halogens is 3. The van der Waals surface area contributed by atoms with Crippen LogP contribution in [-0.4, -0.2) is 35.9 Å². The summed E-state index contributed by atoms with van der Waals surface area (Å²) in [6.45, 7) is 2.30. The van der Waals surface area contributed by atoms with Gasteiger partial charge in [-0.1, -0.05) is 61.0 Å². The van der Waals surface area contributed by atoms with E-state index in [-0.39, 0.29) is 30.8 Å². The van der Waals surface area contributed by atoms with Crippen LogP contribution >= 0.6 is 27.5 Å².